The van der Waals surface area contributed by atoms with Crippen LogP contribution in [-0.2, 0) is 4.79 Å². The molecule has 1 aromatic carbocycles. The summed E-state index contributed by atoms with van der Waals surface area (Å²) in [7, 11) is 0. The first-order valence-corrected chi connectivity index (χ1v) is 5.31. The standard InChI is InChI=1S/C12H11ClN2O/c1-2-8-6-11(16)15(7-8)12-9(13)4-3-5-10(12)14/h1,3-5,8H,6-7,14H2. The van der Waals surface area contributed by atoms with E-state index in [2.05, 4.69) is 5.92 Å². The molecule has 0 aromatic heterocycles. The first-order chi connectivity index (χ1) is 7.63. The minimum absolute atomic E-state index is 0.0252. The predicted molar refractivity (Wildman–Crippen MR) is 65.2 cm³/mol. The van der Waals surface area contributed by atoms with Crippen LogP contribution in [0, 0.1) is 18.3 Å². The normalized spacial score (nSPS) is 19.9. The molecule has 0 bridgehead atoms. The first kappa shape index (κ1) is 10.8. The van der Waals surface area contributed by atoms with E-state index in [4.69, 9.17) is 23.8 Å². The van der Waals surface area contributed by atoms with Crippen LogP contribution in [0.25, 0.3) is 0 Å². The highest BCUT2D eigenvalue weighted by Crippen LogP contribution is 2.35. The number of nitrogens with zero attached hydrogens (tertiary/aromatic N) is 1. The first-order valence-electron chi connectivity index (χ1n) is 4.94. The second-order valence-corrected chi connectivity index (χ2v) is 4.16. The van der Waals surface area contributed by atoms with Crippen LogP contribution in [0.15, 0.2) is 18.2 Å². The molecule has 1 unspecified atom stereocenters. The third-order valence-electron chi connectivity index (χ3n) is 2.65. The van der Waals surface area contributed by atoms with Crippen LogP contribution in [-0.4, -0.2) is 12.5 Å². The lowest BCUT2D eigenvalue weighted by Crippen LogP contribution is -2.25. The SMILES string of the molecule is C#CC1CC(=O)N(c2c(N)cccc2Cl)C1. The fraction of sp³-hybridized carbons (Fsp3) is 0.250. The molecule has 0 aliphatic carbocycles. The number of halogens is 1. The van der Waals surface area contributed by atoms with Crippen molar-refractivity contribution in [1.29, 1.82) is 0 Å². The minimum Gasteiger partial charge on any atom is -0.397 e. The van der Waals surface area contributed by atoms with Gasteiger partial charge in [-0.15, -0.1) is 12.3 Å². The quantitative estimate of drug-likeness (QED) is 0.596. The molecular formula is C12H11ClN2O. The molecule has 2 rings (SSSR count). The van der Waals surface area contributed by atoms with Crippen molar-refractivity contribution in [2.75, 3.05) is 17.2 Å². The van der Waals surface area contributed by atoms with Crippen LogP contribution in [0.1, 0.15) is 6.42 Å². The molecule has 2 N–H and O–H groups in total. The zero-order valence-electron chi connectivity index (χ0n) is 8.61. The molecule has 1 aromatic rings. The summed E-state index contributed by atoms with van der Waals surface area (Å²) < 4.78 is 0. The summed E-state index contributed by atoms with van der Waals surface area (Å²) >= 11 is 6.04. The van der Waals surface area contributed by atoms with E-state index in [1.54, 1.807) is 23.1 Å². The van der Waals surface area contributed by atoms with Gasteiger partial charge in [-0.3, -0.25) is 4.79 Å². The Balaban J connectivity index is 2.39. The molecule has 3 nitrogen and oxygen atoms in total. The Kier molecular flexibility index (Phi) is 2.76. The Morgan fingerprint density at radius 2 is 2.31 bits per heavy atom. The van der Waals surface area contributed by atoms with Crippen LogP contribution in [0.5, 0.6) is 0 Å². The van der Waals surface area contributed by atoms with E-state index < -0.39 is 0 Å². The van der Waals surface area contributed by atoms with E-state index in [0.717, 1.165) is 0 Å². The number of hydrogen-bond acceptors (Lipinski definition) is 2. The molecule has 0 radical (unpaired) electrons. The van der Waals surface area contributed by atoms with Crippen LogP contribution in [0.2, 0.25) is 5.02 Å². The monoisotopic (exact) mass is 234 g/mol. The van der Waals surface area contributed by atoms with Crippen LogP contribution < -0.4 is 10.6 Å². The Bertz CT molecular complexity index is 458. The van der Waals surface area contributed by atoms with Gasteiger partial charge in [0.2, 0.25) is 5.91 Å². The number of para-hydroxylation sites is 1. The van der Waals surface area contributed by atoms with Crippen LogP contribution in [0.3, 0.4) is 0 Å². The van der Waals surface area contributed by atoms with Crippen LogP contribution in [0.4, 0.5) is 11.4 Å². The molecule has 1 saturated heterocycles. The fourth-order valence-corrected chi connectivity index (χ4v) is 2.14. The van der Waals surface area contributed by atoms with Gasteiger partial charge in [-0.2, -0.15) is 0 Å². The topological polar surface area (TPSA) is 46.3 Å². The summed E-state index contributed by atoms with van der Waals surface area (Å²) in [5.41, 5.74) is 6.89. The molecule has 1 atom stereocenters. The minimum atomic E-state index is -0.0526. The maximum absolute atomic E-state index is 11.8. The number of carbonyl (C=O) groups excluding carboxylic acids is 1. The molecule has 1 aliphatic rings. The van der Waals surface area contributed by atoms with Crippen molar-refractivity contribution < 1.29 is 4.79 Å². The summed E-state index contributed by atoms with van der Waals surface area (Å²) in [6.07, 6.45) is 5.68. The smallest absolute Gasteiger partial charge is 0.228 e. The molecule has 1 heterocycles. The molecular weight excluding hydrogens is 224 g/mol. The molecule has 0 saturated carbocycles. The zero-order chi connectivity index (χ0) is 11.7. The average molecular weight is 235 g/mol. The number of carbonyl (C=O) groups is 1. The molecule has 16 heavy (non-hydrogen) atoms. The maximum atomic E-state index is 11.8. The van der Waals surface area contributed by atoms with E-state index in [9.17, 15) is 4.79 Å². The number of benzene rings is 1. The lowest BCUT2D eigenvalue weighted by atomic mass is 10.1. The Morgan fingerprint density at radius 1 is 1.56 bits per heavy atom. The van der Waals surface area contributed by atoms with Crippen molar-refractivity contribution in [3.8, 4) is 12.3 Å². The lowest BCUT2D eigenvalue weighted by Gasteiger charge is -2.19. The summed E-state index contributed by atoms with van der Waals surface area (Å²) in [5.74, 6) is 2.51. The highest BCUT2D eigenvalue weighted by Gasteiger charge is 2.31. The highest BCUT2D eigenvalue weighted by molar-refractivity contribution is 6.34. The van der Waals surface area contributed by atoms with Gasteiger partial charge in [-0.25, -0.2) is 0 Å². The van der Waals surface area contributed by atoms with Gasteiger partial charge in [0.05, 0.1) is 16.4 Å². The molecule has 4 heteroatoms. The van der Waals surface area contributed by atoms with Crippen molar-refractivity contribution in [1.82, 2.24) is 0 Å². The number of nitrogens with two attached hydrogens (primary N) is 1. The van der Waals surface area contributed by atoms with Crippen molar-refractivity contribution in [2.45, 2.75) is 6.42 Å². The highest BCUT2D eigenvalue weighted by atomic mass is 35.5. The van der Waals surface area contributed by atoms with Crippen LogP contribution >= 0.6 is 11.6 Å². The van der Waals surface area contributed by atoms with Crippen molar-refractivity contribution in [2.24, 2.45) is 5.92 Å². The molecule has 82 valence electrons. The number of nitrogen functional groups attached to an aromatic ring is 1. The molecule has 0 spiro atoms. The van der Waals surface area contributed by atoms with E-state index in [1.165, 1.54) is 0 Å². The van der Waals surface area contributed by atoms with Gasteiger partial charge in [0.1, 0.15) is 0 Å². The summed E-state index contributed by atoms with van der Waals surface area (Å²) in [4.78, 5) is 13.3. The number of anilines is 2. The molecule has 1 amide bonds. The Labute approximate surface area is 99.2 Å². The number of rotatable bonds is 1. The van der Waals surface area contributed by atoms with Gasteiger partial charge in [0, 0.05) is 18.9 Å². The number of hydrogen-bond donors (Lipinski definition) is 1. The second kappa shape index (κ2) is 4.07. The maximum Gasteiger partial charge on any atom is 0.228 e. The summed E-state index contributed by atoms with van der Waals surface area (Å²) in [6.45, 7) is 0.489. The summed E-state index contributed by atoms with van der Waals surface area (Å²) in [5, 5.41) is 0.478. The van der Waals surface area contributed by atoms with Gasteiger partial charge in [0.15, 0.2) is 0 Å². The van der Waals surface area contributed by atoms with Crippen molar-refractivity contribution >= 4 is 28.9 Å². The predicted octanol–water partition coefficient (Wildman–Crippen LogP) is 1.91. The fourth-order valence-electron chi connectivity index (χ4n) is 1.85. The second-order valence-electron chi connectivity index (χ2n) is 3.75. The van der Waals surface area contributed by atoms with Gasteiger partial charge >= 0.3 is 0 Å². The van der Waals surface area contributed by atoms with Gasteiger partial charge in [-0.1, -0.05) is 17.7 Å². The molecule has 1 fully saturated rings. The van der Waals surface area contributed by atoms with E-state index in [-0.39, 0.29) is 11.8 Å². The average Bonchev–Trinajstić information content (AvgIpc) is 2.60. The van der Waals surface area contributed by atoms with Gasteiger partial charge in [0.25, 0.3) is 0 Å². The Hall–Kier alpha value is -1.66. The number of terminal acetylenes is 1. The largest absolute Gasteiger partial charge is 0.397 e. The van der Waals surface area contributed by atoms with E-state index in [0.29, 0.717) is 29.4 Å². The summed E-state index contributed by atoms with van der Waals surface area (Å²) in [6, 6.07) is 5.18. The third kappa shape index (κ3) is 1.72. The number of amides is 1. The van der Waals surface area contributed by atoms with Gasteiger partial charge < -0.3 is 10.6 Å². The lowest BCUT2D eigenvalue weighted by molar-refractivity contribution is -0.117. The molecule has 1 aliphatic heterocycles. The Morgan fingerprint density at radius 3 is 2.88 bits per heavy atom. The van der Waals surface area contributed by atoms with E-state index >= 15 is 0 Å². The van der Waals surface area contributed by atoms with E-state index in [1.807, 2.05) is 0 Å². The van der Waals surface area contributed by atoms with Gasteiger partial charge in [-0.05, 0) is 12.1 Å². The zero-order valence-corrected chi connectivity index (χ0v) is 9.37. The van der Waals surface area contributed by atoms with Crippen molar-refractivity contribution in [3.05, 3.63) is 23.2 Å². The van der Waals surface area contributed by atoms with Crippen molar-refractivity contribution in [3.63, 3.8) is 0 Å². The third-order valence-corrected chi connectivity index (χ3v) is 2.95.